The van der Waals surface area contributed by atoms with E-state index in [9.17, 15) is 28.4 Å². The molecule has 0 spiro atoms. The Kier molecular flexibility index (Phi) is 11.9. The second kappa shape index (κ2) is 17.5. The van der Waals surface area contributed by atoms with E-state index in [1.54, 1.807) is 36.5 Å². The number of pyridine rings is 1. The first kappa shape index (κ1) is 42.3. The molecule has 62 heavy (non-hydrogen) atoms. The van der Waals surface area contributed by atoms with Crippen molar-refractivity contribution in [3.05, 3.63) is 147 Å². The number of carbonyl (C=O) groups excluding carboxylic acids is 1. The smallest absolute Gasteiger partial charge is 0.293 e. The lowest BCUT2D eigenvalue weighted by Gasteiger charge is -2.39. The molecule has 14 nitrogen and oxygen atoms in total. The van der Waals surface area contributed by atoms with E-state index < -0.39 is 31.4 Å². The number of hydrogen-bond donors (Lipinski definition) is 4. The largest absolute Gasteiger partial charge is 0.508 e. The number of halogens is 1. The first-order valence-corrected chi connectivity index (χ1v) is 22.1. The van der Waals surface area contributed by atoms with E-state index in [0.29, 0.717) is 30.0 Å². The quantitative estimate of drug-likeness (QED) is 0.0641. The van der Waals surface area contributed by atoms with Gasteiger partial charge in [-0.25, -0.2) is 18.1 Å². The summed E-state index contributed by atoms with van der Waals surface area (Å²) < 4.78 is 35.7. The number of anilines is 2. The lowest BCUT2D eigenvalue weighted by molar-refractivity contribution is -0.384. The number of nitro benzene ring substituents is 1. The summed E-state index contributed by atoms with van der Waals surface area (Å²) in [7, 11) is -4.61. The first-order valence-electron chi connectivity index (χ1n) is 20.3. The number of aromatic hydroxyl groups is 1. The van der Waals surface area contributed by atoms with Gasteiger partial charge >= 0.3 is 0 Å². The fraction of sp³-hybridized carbons (Fsp3) is 0.261. The number of nitro groups is 1. The lowest BCUT2D eigenvalue weighted by Crippen LogP contribution is -2.47. The van der Waals surface area contributed by atoms with Crippen LogP contribution in [0.4, 0.5) is 17.1 Å². The summed E-state index contributed by atoms with van der Waals surface area (Å²) >= 11 is 6.24. The van der Waals surface area contributed by atoms with Gasteiger partial charge in [0.25, 0.3) is 21.6 Å². The van der Waals surface area contributed by atoms with Gasteiger partial charge in [0, 0.05) is 73.7 Å². The number of phenolic OH excluding ortho intramolecular Hbond substituents is 1. The molecule has 6 aromatic rings. The monoisotopic (exact) mass is 875 g/mol. The van der Waals surface area contributed by atoms with E-state index in [2.05, 4.69) is 55.8 Å². The number of sulfonamides is 1. The predicted molar refractivity (Wildman–Crippen MR) is 240 cm³/mol. The van der Waals surface area contributed by atoms with Crippen LogP contribution in [0.15, 0.2) is 120 Å². The van der Waals surface area contributed by atoms with Gasteiger partial charge in [-0.1, -0.05) is 55.3 Å². The molecule has 0 unspecified atom stereocenters. The summed E-state index contributed by atoms with van der Waals surface area (Å²) in [5.41, 5.74) is 5.87. The third kappa shape index (κ3) is 9.70. The first-order chi connectivity index (χ1) is 29.7. The number of nitrogens with one attached hydrogen (secondary N) is 3. The summed E-state index contributed by atoms with van der Waals surface area (Å²) in [6.45, 7) is 8.69. The van der Waals surface area contributed by atoms with Crippen molar-refractivity contribution in [3.8, 4) is 17.2 Å². The van der Waals surface area contributed by atoms with E-state index in [-0.39, 0.29) is 34.7 Å². The Labute approximate surface area is 364 Å². The Bertz CT molecular complexity index is 2800. The molecule has 4 aromatic carbocycles. The highest BCUT2D eigenvalue weighted by molar-refractivity contribution is 7.90. The Morgan fingerprint density at radius 1 is 1.00 bits per heavy atom. The van der Waals surface area contributed by atoms with Crippen LogP contribution >= 0.6 is 11.6 Å². The maximum absolute atomic E-state index is 13.9. The van der Waals surface area contributed by atoms with E-state index in [1.165, 1.54) is 53.2 Å². The van der Waals surface area contributed by atoms with Gasteiger partial charge in [0.2, 0.25) is 0 Å². The SMILES string of the molecule is CC1(C)CCC(CN2CCN(c3ccc(C(=O)NS(=O)(=O)c4ccc(NCc5cccc(O)c5)c([N+](=O)[O-])c4)c(Oc4cnc5[nH]ccc5c4)c3)CC2)=C(c2ccc(Cl)cc2)C1. The van der Waals surface area contributed by atoms with Crippen LogP contribution in [0, 0.1) is 15.5 Å². The van der Waals surface area contributed by atoms with Gasteiger partial charge in [0.05, 0.1) is 21.6 Å². The fourth-order valence-electron chi connectivity index (χ4n) is 8.06. The summed E-state index contributed by atoms with van der Waals surface area (Å²) in [4.78, 5) is 36.9. The highest BCUT2D eigenvalue weighted by Gasteiger charge is 2.30. The molecular formula is C46H46ClN7O7S. The number of amides is 1. The maximum atomic E-state index is 13.9. The second-order valence-electron chi connectivity index (χ2n) is 16.5. The number of aromatic nitrogens is 2. The number of nitrogens with zero attached hydrogens (tertiary/aromatic N) is 4. The molecule has 1 fully saturated rings. The molecule has 0 saturated carbocycles. The van der Waals surface area contributed by atoms with Crippen molar-refractivity contribution in [1.82, 2.24) is 19.6 Å². The predicted octanol–water partition coefficient (Wildman–Crippen LogP) is 9.14. The van der Waals surface area contributed by atoms with Gasteiger partial charge in [-0.05, 0) is 102 Å². The molecular weight excluding hydrogens is 830 g/mol. The van der Waals surface area contributed by atoms with E-state index >= 15 is 0 Å². The lowest BCUT2D eigenvalue weighted by atomic mass is 9.72. The van der Waals surface area contributed by atoms with Crippen molar-refractivity contribution in [1.29, 1.82) is 0 Å². The minimum Gasteiger partial charge on any atom is -0.508 e. The van der Waals surface area contributed by atoms with Gasteiger partial charge in [-0.3, -0.25) is 19.8 Å². The molecule has 2 aliphatic rings. The molecule has 16 heteroatoms. The summed E-state index contributed by atoms with van der Waals surface area (Å²) in [6.07, 6.45) is 6.43. The fourth-order valence-corrected chi connectivity index (χ4v) is 9.17. The molecule has 3 heterocycles. The second-order valence-corrected chi connectivity index (χ2v) is 18.6. The maximum Gasteiger partial charge on any atom is 0.293 e. The van der Waals surface area contributed by atoms with Gasteiger partial charge in [0.15, 0.2) is 0 Å². The van der Waals surface area contributed by atoms with Crippen LogP contribution in [-0.2, 0) is 16.6 Å². The van der Waals surface area contributed by atoms with Crippen LogP contribution in [0.3, 0.4) is 0 Å². The normalized spacial score (nSPS) is 15.7. The molecule has 1 aliphatic heterocycles. The molecule has 4 N–H and O–H groups in total. The van der Waals surface area contributed by atoms with Crippen LogP contribution in [0.1, 0.15) is 54.6 Å². The van der Waals surface area contributed by atoms with Gasteiger partial charge in [-0.15, -0.1) is 0 Å². The number of H-pyrrole nitrogens is 1. The van der Waals surface area contributed by atoms with E-state index in [4.69, 9.17) is 16.3 Å². The molecule has 2 aromatic heterocycles. The van der Waals surface area contributed by atoms with Crippen LogP contribution in [-0.4, -0.2) is 71.9 Å². The number of carbonyl (C=O) groups is 1. The minimum atomic E-state index is -4.61. The summed E-state index contributed by atoms with van der Waals surface area (Å²) in [5, 5.41) is 26.3. The highest BCUT2D eigenvalue weighted by Crippen LogP contribution is 2.43. The zero-order chi connectivity index (χ0) is 43.6. The molecule has 8 rings (SSSR count). The minimum absolute atomic E-state index is 0.0353. The van der Waals surface area contributed by atoms with Crippen LogP contribution in [0.25, 0.3) is 16.6 Å². The van der Waals surface area contributed by atoms with Crippen LogP contribution in [0.5, 0.6) is 17.2 Å². The van der Waals surface area contributed by atoms with Gasteiger partial charge < -0.3 is 25.0 Å². The van der Waals surface area contributed by atoms with E-state index in [1.807, 2.05) is 18.2 Å². The number of allylic oxidation sites excluding steroid dienone is 1. The Morgan fingerprint density at radius 3 is 2.55 bits per heavy atom. The zero-order valence-electron chi connectivity index (χ0n) is 34.2. The summed E-state index contributed by atoms with van der Waals surface area (Å²) in [5.74, 6) is -0.510. The average Bonchev–Trinajstić information content (AvgIpc) is 3.72. The molecule has 1 aliphatic carbocycles. The topological polar surface area (TPSA) is 183 Å². The van der Waals surface area contributed by atoms with Crippen molar-refractivity contribution in [2.75, 3.05) is 42.9 Å². The standard InChI is InChI=1S/C46H46ClN7O7S/c1-46(2)16-14-33(40(26-46)31-6-8-34(47)9-7-31)29-52-18-20-53(21-19-52)35-10-12-39(43(24-35)61-37-23-32-15-17-48-44(32)50-28-37)45(56)51-62(59,60)38-11-13-41(42(25-38)54(57)58)49-27-30-4-3-5-36(55)22-30/h3-13,15,17,22-25,28,49,55H,14,16,18-21,26-27,29H2,1-2H3,(H,48,50)(H,51,56). The number of benzene rings is 4. The number of fused-ring (bicyclic) bond motifs is 1. The van der Waals surface area contributed by atoms with Gasteiger partial charge in [0.1, 0.15) is 28.6 Å². The average molecular weight is 876 g/mol. The van der Waals surface area contributed by atoms with Crippen molar-refractivity contribution in [2.24, 2.45) is 5.41 Å². The Hall–Kier alpha value is -6.42. The molecule has 0 atom stereocenters. The third-order valence-electron chi connectivity index (χ3n) is 11.4. The van der Waals surface area contributed by atoms with Gasteiger partial charge in [-0.2, -0.15) is 0 Å². The van der Waals surface area contributed by atoms with E-state index in [0.717, 1.165) is 61.1 Å². The molecule has 1 amide bonds. The molecule has 0 radical (unpaired) electrons. The van der Waals surface area contributed by atoms with Crippen LogP contribution < -0.4 is 19.7 Å². The number of rotatable bonds is 13. The molecule has 0 bridgehead atoms. The van der Waals surface area contributed by atoms with Crippen molar-refractivity contribution < 1.29 is 28.0 Å². The number of phenols is 1. The number of aromatic amines is 1. The molecule has 1 saturated heterocycles. The van der Waals surface area contributed by atoms with Crippen LogP contribution in [0.2, 0.25) is 5.02 Å². The Morgan fingerprint density at radius 2 is 1.79 bits per heavy atom. The molecule has 320 valence electrons. The zero-order valence-corrected chi connectivity index (χ0v) is 35.8. The Balaban J connectivity index is 1.01. The van der Waals surface area contributed by atoms with Crippen molar-refractivity contribution in [2.45, 2.75) is 44.6 Å². The van der Waals surface area contributed by atoms with Crippen molar-refractivity contribution in [3.63, 3.8) is 0 Å². The third-order valence-corrected chi connectivity index (χ3v) is 13.0. The van der Waals surface area contributed by atoms with Crippen molar-refractivity contribution >= 4 is 61.2 Å². The highest BCUT2D eigenvalue weighted by atomic mass is 35.5. The number of ether oxygens (including phenoxy) is 1. The number of hydrogen-bond acceptors (Lipinski definition) is 11. The summed E-state index contributed by atoms with van der Waals surface area (Å²) in [6, 6.07) is 26.4. The number of piperazine rings is 1.